The van der Waals surface area contributed by atoms with Gasteiger partial charge in [-0.3, -0.25) is 0 Å². The number of hydrogen-bond donors (Lipinski definition) is 0. The van der Waals surface area contributed by atoms with E-state index in [-0.39, 0.29) is 0 Å². The highest BCUT2D eigenvalue weighted by Gasteiger charge is 2.39. The van der Waals surface area contributed by atoms with Gasteiger partial charge in [-0.2, -0.15) is 0 Å². The molecular weight excluding hydrogens is 168 g/mol. The summed E-state index contributed by atoms with van der Waals surface area (Å²) in [6, 6.07) is 0. The lowest BCUT2D eigenvalue weighted by molar-refractivity contribution is 0.210. The van der Waals surface area contributed by atoms with Gasteiger partial charge in [0.05, 0.1) is 0 Å². The molecular formula is C14H26. The molecule has 2 fully saturated rings. The lowest BCUT2D eigenvalue weighted by Crippen LogP contribution is -2.18. The van der Waals surface area contributed by atoms with E-state index in [0.29, 0.717) is 5.41 Å². The molecule has 2 saturated carbocycles. The highest BCUT2D eigenvalue weighted by Crippen LogP contribution is 2.50. The van der Waals surface area contributed by atoms with E-state index in [1.807, 2.05) is 0 Å². The van der Waals surface area contributed by atoms with E-state index in [0.717, 1.165) is 17.8 Å². The van der Waals surface area contributed by atoms with Crippen molar-refractivity contribution in [1.29, 1.82) is 0 Å². The molecule has 2 aliphatic carbocycles. The Morgan fingerprint density at radius 3 is 2.57 bits per heavy atom. The second-order valence-electron chi connectivity index (χ2n) is 6.35. The molecule has 0 amide bonds. The molecule has 0 aromatic heterocycles. The van der Waals surface area contributed by atoms with Crippen LogP contribution >= 0.6 is 0 Å². The van der Waals surface area contributed by atoms with Crippen LogP contribution in [0.3, 0.4) is 0 Å². The highest BCUT2D eigenvalue weighted by atomic mass is 14.4. The second kappa shape index (κ2) is 3.87. The Morgan fingerprint density at radius 2 is 1.86 bits per heavy atom. The van der Waals surface area contributed by atoms with Crippen LogP contribution in [0.5, 0.6) is 0 Å². The normalized spacial score (nSPS) is 48.6. The zero-order chi connectivity index (χ0) is 10.2. The molecule has 4 atom stereocenters. The molecule has 82 valence electrons. The van der Waals surface area contributed by atoms with Crippen molar-refractivity contribution in [2.75, 3.05) is 0 Å². The highest BCUT2D eigenvalue weighted by molar-refractivity contribution is 4.90. The lowest BCUT2D eigenvalue weighted by Gasteiger charge is -2.31. The number of rotatable bonds is 1. The van der Waals surface area contributed by atoms with E-state index in [4.69, 9.17) is 0 Å². The van der Waals surface area contributed by atoms with Gasteiger partial charge in [-0.25, -0.2) is 0 Å². The molecule has 0 heteroatoms. The first kappa shape index (κ1) is 10.5. The van der Waals surface area contributed by atoms with Gasteiger partial charge in [0.2, 0.25) is 0 Å². The van der Waals surface area contributed by atoms with Gasteiger partial charge in [0.25, 0.3) is 0 Å². The summed E-state index contributed by atoms with van der Waals surface area (Å²) in [7, 11) is 0. The average molecular weight is 194 g/mol. The van der Waals surface area contributed by atoms with Crippen LogP contribution in [-0.4, -0.2) is 0 Å². The van der Waals surface area contributed by atoms with Crippen LogP contribution < -0.4 is 0 Å². The fourth-order valence-corrected chi connectivity index (χ4v) is 3.42. The summed E-state index contributed by atoms with van der Waals surface area (Å²) in [6.45, 7) is 7.37. The zero-order valence-electron chi connectivity index (χ0n) is 10.2. The Hall–Kier alpha value is 0. The van der Waals surface area contributed by atoms with Crippen molar-refractivity contribution in [2.24, 2.45) is 23.2 Å². The smallest absolute Gasteiger partial charge is 0.0326 e. The van der Waals surface area contributed by atoms with Crippen LogP contribution in [-0.2, 0) is 0 Å². The molecule has 4 unspecified atom stereocenters. The quantitative estimate of drug-likeness (QED) is 0.570. The monoisotopic (exact) mass is 194 g/mol. The lowest BCUT2D eigenvalue weighted by atomic mass is 9.75. The molecule has 0 heterocycles. The van der Waals surface area contributed by atoms with Gasteiger partial charge in [-0.15, -0.1) is 0 Å². The molecule has 2 rings (SSSR count). The van der Waals surface area contributed by atoms with E-state index in [1.165, 1.54) is 38.5 Å². The van der Waals surface area contributed by atoms with E-state index in [9.17, 15) is 0 Å². The molecule has 0 aliphatic heterocycles. The molecule has 0 nitrogen and oxygen atoms in total. The van der Waals surface area contributed by atoms with Crippen molar-refractivity contribution in [2.45, 2.75) is 65.7 Å². The average Bonchev–Trinajstić information content (AvgIpc) is 2.90. The predicted octanol–water partition coefficient (Wildman–Crippen LogP) is 4.64. The topological polar surface area (TPSA) is 0 Å². The molecule has 0 N–H and O–H groups in total. The Bertz CT molecular complexity index is 196. The van der Waals surface area contributed by atoms with Gasteiger partial charge < -0.3 is 0 Å². The van der Waals surface area contributed by atoms with E-state index in [1.54, 1.807) is 6.42 Å². The molecule has 0 radical (unpaired) electrons. The second-order valence-corrected chi connectivity index (χ2v) is 6.35. The van der Waals surface area contributed by atoms with E-state index >= 15 is 0 Å². The molecule has 0 bridgehead atoms. The van der Waals surface area contributed by atoms with Crippen LogP contribution in [0.2, 0.25) is 0 Å². The SMILES string of the molecule is CCC1(C)CCC2CC2CCC(C)C1. The number of hydrogen-bond acceptors (Lipinski definition) is 0. The summed E-state index contributed by atoms with van der Waals surface area (Å²) >= 11 is 0. The van der Waals surface area contributed by atoms with Gasteiger partial charge in [-0.05, 0) is 55.3 Å². The fourth-order valence-electron chi connectivity index (χ4n) is 3.42. The van der Waals surface area contributed by atoms with E-state index in [2.05, 4.69) is 20.8 Å². The fraction of sp³-hybridized carbons (Fsp3) is 1.00. The summed E-state index contributed by atoms with van der Waals surface area (Å²) < 4.78 is 0. The Labute approximate surface area is 89.5 Å². The molecule has 0 spiro atoms. The maximum Gasteiger partial charge on any atom is -0.0326 e. The van der Waals surface area contributed by atoms with E-state index < -0.39 is 0 Å². The third-order valence-corrected chi connectivity index (χ3v) is 4.91. The van der Waals surface area contributed by atoms with Crippen LogP contribution in [0.1, 0.15) is 65.7 Å². The maximum absolute atomic E-state index is 2.52. The van der Waals surface area contributed by atoms with Gasteiger partial charge in [0.15, 0.2) is 0 Å². The van der Waals surface area contributed by atoms with Crippen LogP contribution in [0, 0.1) is 23.2 Å². The van der Waals surface area contributed by atoms with Gasteiger partial charge in [0, 0.05) is 0 Å². The summed E-state index contributed by atoms with van der Waals surface area (Å²) in [6.07, 6.45) is 10.5. The van der Waals surface area contributed by atoms with Gasteiger partial charge in [0.1, 0.15) is 0 Å². The standard InChI is InChI=1S/C14H26/c1-4-14(3)8-7-13-9-12(13)6-5-11(2)10-14/h11-13H,4-10H2,1-3H3. The minimum Gasteiger partial charge on any atom is -0.0649 e. The first-order valence-corrected chi connectivity index (χ1v) is 6.63. The molecule has 14 heavy (non-hydrogen) atoms. The predicted molar refractivity (Wildman–Crippen MR) is 62.2 cm³/mol. The van der Waals surface area contributed by atoms with Crippen molar-refractivity contribution < 1.29 is 0 Å². The van der Waals surface area contributed by atoms with Crippen molar-refractivity contribution >= 4 is 0 Å². The van der Waals surface area contributed by atoms with Crippen molar-refractivity contribution in [1.82, 2.24) is 0 Å². The van der Waals surface area contributed by atoms with Crippen LogP contribution in [0.25, 0.3) is 0 Å². The summed E-state index contributed by atoms with van der Waals surface area (Å²) in [4.78, 5) is 0. The van der Waals surface area contributed by atoms with Gasteiger partial charge in [-0.1, -0.05) is 33.6 Å². The zero-order valence-corrected chi connectivity index (χ0v) is 10.2. The molecule has 0 aromatic rings. The summed E-state index contributed by atoms with van der Waals surface area (Å²) in [5, 5.41) is 0. The van der Waals surface area contributed by atoms with Crippen LogP contribution in [0.15, 0.2) is 0 Å². The van der Waals surface area contributed by atoms with Crippen LogP contribution in [0.4, 0.5) is 0 Å². The molecule has 0 aromatic carbocycles. The third-order valence-electron chi connectivity index (χ3n) is 4.91. The Morgan fingerprint density at radius 1 is 1.14 bits per heavy atom. The van der Waals surface area contributed by atoms with Crippen molar-refractivity contribution in [3.05, 3.63) is 0 Å². The maximum atomic E-state index is 2.52. The largest absolute Gasteiger partial charge is 0.0649 e. The minimum absolute atomic E-state index is 0.664. The molecule has 2 aliphatic rings. The van der Waals surface area contributed by atoms with Gasteiger partial charge >= 0.3 is 0 Å². The molecule has 0 saturated heterocycles. The minimum atomic E-state index is 0.664. The number of fused-ring (bicyclic) bond motifs is 1. The van der Waals surface area contributed by atoms with Crippen molar-refractivity contribution in [3.8, 4) is 0 Å². The Balaban J connectivity index is 1.98. The summed E-state index contributed by atoms with van der Waals surface area (Å²) in [5.41, 5.74) is 0.664. The summed E-state index contributed by atoms with van der Waals surface area (Å²) in [5.74, 6) is 3.24. The van der Waals surface area contributed by atoms with Crippen molar-refractivity contribution in [3.63, 3.8) is 0 Å². The first-order valence-electron chi connectivity index (χ1n) is 6.63. The Kier molecular flexibility index (Phi) is 2.91. The first-order chi connectivity index (χ1) is 6.63. The third kappa shape index (κ3) is 2.32.